The molecule has 5 nitrogen and oxygen atoms in total. The fraction of sp³-hybridized carbons (Fsp3) is 0.211. The molecule has 1 aliphatic heterocycles. The molecule has 3 aromatic rings. The van der Waals surface area contributed by atoms with Gasteiger partial charge >= 0.3 is 0 Å². The van der Waals surface area contributed by atoms with E-state index in [9.17, 15) is 10.2 Å². The van der Waals surface area contributed by atoms with E-state index < -0.39 is 0 Å². The minimum Gasteiger partial charge on any atom is -0.508 e. The van der Waals surface area contributed by atoms with Crippen molar-refractivity contribution in [2.24, 2.45) is 0 Å². The first-order chi connectivity index (χ1) is 11.7. The molecule has 2 aromatic carbocycles. The number of hydrogen-bond donors (Lipinski definition) is 3. The number of nitrogens with one attached hydrogen (secondary N) is 1. The van der Waals surface area contributed by atoms with Gasteiger partial charge in [-0.15, -0.1) is 0 Å². The Morgan fingerprint density at radius 1 is 1.21 bits per heavy atom. The van der Waals surface area contributed by atoms with Gasteiger partial charge in [-0.05, 0) is 42.8 Å². The number of aromatic hydroxyl groups is 1. The zero-order chi connectivity index (χ0) is 16.7. The lowest BCUT2D eigenvalue weighted by Crippen LogP contribution is -2.29. The van der Waals surface area contributed by atoms with Crippen molar-refractivity contribution < 1.29 is 10.2 Å². The molecule has 0 saturated carbocycles. The predicted molar refractivity (Wildman–Crippen MR) is 94.9 cm³/mol. The molecule has 122 valence electrons. The monoisotopic (exact) mass is 321 g/mol. The maximum atomic E-state index is 9.83. The second kappa shape index (κ2) is 5.69. The molecule has 0 unspecified atom stereocenters. The Labute approximate surface area is 139 Å². The summed E-state index contributed by atoms with van der Waals surface area (Å²) in [5, 5.41) is 19.3. The van der Waals surface area contributed by atoms with Crippen LogP contribution in [0, 0.1) is 0 Å². The van der Waals surface area contributed by atoms with E-state index in [4.69, 9.17) is 4.98 Å². The number of β-amino-alcohol motifs (C(OH)–C–C–N with tert-alkyl or cyclic N) is 1. The molecule has 24 heavy (non-hydrogen) atoms. The summed E-state index contributed by atoms with van der Waals surface area (Å²) >= 11 is 0. The van der Waals surface area contributed by atoms with Gasteiger partial charge in [-0.25, -0.2) is 4.98 Å². The average Bonchev–Trinajstić information content (AvgIpc) is 3.01. The number of rotatable bonds is 3. The van der Waals surface area contributed by atoms with E-state index in [1.54, 1.807) is 12.1 Å². The van der Waals surface area contributed by atoms with Crippen LogP contribution in [-0.4, -0.2) is 33.3 Å². The molecule has 0 aliphatic carbocycles. The quantitative estimate of drug-likeness (QED) is 0.693. The van der Waals surface area contributed by atoms with Crippen molar-refractivity contribution in [3.8, 4) is 5.75 Å². The summed E-state index contributed by atoms with van der Waals surface area (Å²) in [4.78, 5) is 10.2. The number of benzene rings is 2. The lowest BCUT2D eigenvalue weighted by atomic mass is 9.95. The van der Waals surface area contributed by atoms with Crippen molar-refractivity contribution in [3.63, 3.8) is 0 Å². The molecule has 1 aromatic heterocycles. The van der Waals surface area contributed by atoms with Crippen LogP contribution in [-0.2, 0) is 6.42 Å². The smallest absolute Gasteiger partial charge is 0.136 e. The van der Waals surface area contributed by atoms with Crippen LogP contribution < -0.4 is 4.90 Å². The van der Waals surface area contributed by atoms with Gasteiger partial charge in [-0.1, -0.05) is 12.1 Å². The largest absolute Gasteiger partial charge is 0.508 e. The third-order valence-corrected chi connectivity index (χ3v) is 4.56. The van der Waals surface area contributed by atoms with Crippen molar-refractivity contribution in [1.82, 2.24) is 9.97 Å². The molecule has 5 heteroatoms. The van der Waals surface area contributed by atoms with E-state index in [1.807, 2.05) is 37.3 Å². The summed E-state index contributed by atoms with van der Waals surface area (Å²) in [6.07, 6.45) is 0.692. The standard InChI is InChI=1S/C19H19N3O2/c1-12-15(19-20-16-4-2-3-5-17(16)21-19)11-13-10-14(24)6-7-18(13)22(12)8-9-23/h2-7,10,23-24H,8-9,11H2,1H3,(H,20,21). The van der Waals surface area contributed by atoms with Gasteiger partial charge in [-0.2, -0.15) is 0 Å². The number of aliphatic hydroxyl groups is 1. The molecule has 0 spiro atoms. The van der Waals surface area contributed by atoms with Crippen LogP contribution in [0.3, 0.4) is 0 Å². The first-order valence-electron chi connectivity index (χ1n) is 8.02. The minimum absolute atomic E-state index is 0.0606. The minimum atomic E-state index is 0.0606. The number of allylic oxidation sites excluding steroid dienone is 2. The number of imidazole rings is 1. The molecule has 3 N–H and O–H groups in total. The van der Waals surface area contributed by atoms with Gasteiger partial charge in [0.2, 0.25) is 0 Å². The Morgan fingerprint density at radius 3 is 2.83 bits per heavy atom. The number of hydrogen-bond acceptors (Lipinski definition) is 4. The molecule has 0 saturated heterocycles. The number of aliphatic hydroxyl groups excluding tert-OH is 1. The molecule has 4 rings (SSSR count). The molecule has 0 fully saturated rings. The van der Waals surface area contributed by atoms with Crippen molar-refractivity contribution in [2.75, 3.05) is 18.1 Å². The number of H-pyrrole nitrogens is 1. The van der Waals surface area contributed by atoms with Crippen molar-refractivity contribution in [3.05, 3.63) is 59.5 Å². The first kappa shape index (κ1) is 14.8. The van der Waals surface area contributed by atoms with Gasteiger partial charge in [0.05, 0.1) is 17.6 Å². The lowest BCUT2D eigenvalue weighted by Gasteiger charge is -2.33. The number of phenolic OH excluding ortho intramolecular Hbond substituents is 1. The number of fused-ring (bicyclic) bond motifs is 2. The van der Waals surface area contributed by atoms with Crippen LogP contribution in [0.25, 0.3) is 16.6 Å². The van der Waals surface area contributed by atoms with Crippen LogP contribution >= 0.6 is 0 Å². The van der Waals surface area contributed by atoms with Crippen LogP contribution in [0.5, 0.6) is 5.75 Å². The molecular formula is C19H19N3O2. The lowest BCUT2D eigenvalue weighted by molar-refractivity contribution is 0.304. The summed E-state index contributed by atoms with van der Waals surface area (Å²) in [5.41, 5.74) is 6.15. The number of aromatic nitrogens is 2. The van der Waals surface area contributed by atoms with Gasteiger partial charge in [0.25, 0.3) is 0 Å². The summed E-state index contributed by atoms with van der Waals surface area (Å²) in [6, 6.07) is 13.3. The molecule has 1 aliphatic rings. The maximum Gasteiger partial charge on any atom is 0.136 e. The number of para-hydroxylation sites is 2. The SMILES string of the molecule is CC1=C(c2nc3ccccc3[nH]2)Cc2cc(O)ccc2N1CCO. The van der Waals surface area contributed by atoms with E-state index in [2.05, 4.69) is 9.88 Å². The number of phenols is 1. The molecule has 2 heterocycles. The normalized spacial score (nSPS) is 14.3. The third kappa shape index (κ3) is 2.34. The van der Waals surface area contributed by atoms with Gasteiger partial charge < -0.3 is 20.1 Å². The highest BCUT2D eigenvalue weighted by molar-refractivity contribution is 5.83. The Bertz CT molecular complexity index is 910. The summed E-state index contributed by atoms with van der Waals surface area (Å²) in [6.45, 7) is 2.62. The van der Waals surface area contributed by atoms with Crippen LogP contribution in [0.2, 0.25) is 0 Å². The topological polar surface area (TPSA) is 72.4 Å². The van der Waals surface area contributed by atoms with E-state index in [0.717, 1.165) is 39.4 Å². The van der Waals surface area contributed by atoms with Gasteiger partial charge in [0.15, 0.2) is 0 Å². The van der Waals surface area contributed by atoms with E-state index in [1.165, 1.54) is 0 Å². The fourth-order valence-electron chi connectivity index (χ4n) is 3.38. The van der Waals surface area contributed by atoms with Gasteiger partial charge in [0.1, 0.15) is 11.6 Å². The highest BCUT2D eigenvalue weighted by Crippen LogP contribution is 2.38. The summed E-state index contributed by atoms with van der Waals surface area (Å²) in [5.74, 6) is 1.09. The summed E-state index contributed by atoms with van der Waals surface area (Å²) < 4.78 is 0. The Hall–Kier alpha value is -2.79. The van der Waals surface area contributed by atoms with Crippen LogP contribution in [0.15, 0.2) is 48.2 Å². The van der Waals surface area contributed by atoms with Crippen LogP contribution in [0.4, 0.5) is 5.69 Å². The molecule has 0 amide bonds. The highest BCUT2D eigenvalue weighted by atomic mass is 16.3. The van der Waals surface area contributed by atoms with Crippen molar-refractivity contribution in [2.45, 2.75) is 13.3 Å². The molecule has 0 atom stereocenters. The number of nitrogens with zero attached hydrogens (tertiary/aromatic N) is 2. The second-order valence-corrected chi connectivity index (χ2v) is 6.03. The zero-order valence-electron chi connectivity index (χ0n) is 13.5. The summed E-state index contributed by atoms with van der Waals surface area (Å²) in [7, 11) is 0. The van der Waals surface area contributed by atoms with Crippen LogP contribution in [0.1, 0.15) is 18.3 Å². The number of aromatic amines is 1. The van der Waals surface area contributed by atoms with E-state index in [-0.39, 0.29) is 12.4 Å². The Morgan fingerprint density at radius 2 is 2.04 bits per heavy atom. The van der Waals surface area contributed by atoms with E-state index >= 15 is 0 Å². The average molecular weight is 321 g/mol. The second-order valence-electron chi connectivity index (χ2n) is 6.03. The highest BCUT2D eigenvalue weighted by Gasteiger charge is 2.25. The van der Waals surface area contributed by atoms with Gasteiger partial charge in [-0.3, -0.25) is 0 Å². The van der Waals surface area contributed by atoms with Crippen molar-refractivity contribution in [1.29, 1.82) is 0 Å². The predicted octanol–water partition coefficient (Wildman–Crippen LogP) is 3.05. The first-order valence-corrected chi connectivity index (χ1v) is 8.02. The number of anilines is 1. The third-order valence-electron chi connectivity index (χ3n) is 4.56. The fourth-order valence-corrected chi connectivity index (χ4v) is 3.38. The molecule has 0 radical (unpaired) electrons. The van der Waals surface area contributed by atoms with Crippen molar-refractivity contribution >= 4 is 22.3 Å². The van der Waals surface area contributed by atoms with Gasteiger partial charge in [0, 0.05) is 29.9 Å². The van der Waals surface area contributed by atoms with E-state index in [0.29, 0.717) is 13.0 Å². The maximum absolute atomic E-state index is 9.83. The molecule has 0 bridgehead atoms. The zero-order valence-corrected chi connectivity index (χ0v) is 13.5. The Balaban J connectivity index is 1.85. The Kier molecular flexibility index (Phi) is 3.50. The molecular weight excluding hydrogens is 302 g/mol.